The fourth-order valence-electron chi connectivity index (χ4n) is 1.27. The number of aliphatic hydroxyl groups is 5. The highest BCUT2D eigenvalue weighted by Gasteiger charge is 2.12. The van der Waals surface area contributed by atoms with Gasteiger partial charge in [-0.3, -0.25) is 14.4 Å². The molecule has 0 heterocycles. The molecule has 0 amide bonds. The average Bonchev–Trinajstić information content (AvgIpc) is 2.92. The van der Waals surface area contributed by atoms with E-state index in [-0.39, 0.29) is 29.7 Å². The maximum Gasteiger partial charge on any atom is 0.305 e. The Labute approximate surface area is 251 Å². The Hall–Kier alpha value is -1.92. The maximum absolute atomic E-state index is 10.4. The maximum atomic E-state index is 10.4. The van der Waals surface area contributed by atoms with Crippen molar-refractivity contribution < 1.29 is 54.2 Å². The zero-order chi connectivity index (χ0) is 34.7. The van der Waals surface area contributed by atoms with E-state index in [9.17, 15) is 14.4 Å². The van der Waals surface area contributed by atoms with Gasteiger partial charge in [-0.1, -0.05) is 48.0 Å². The Balaban J connectivity index is -0.0000000522. The van der Waals surface area contributed by atoms with Crippen molar-refractivity contribution in [3.05, 3.63) is 0 Å². The molecule has 0 bridgehead atoms. The summed E-state index contributed by atoms with van der Waals surface area (Å²) in [7, 11) is 1.00. The molecule has 11 heteroatoms. The minimum Gasteiger partial charge on any atom is -0.466 e. The van der Waals surface area contributed by atoms with Crippen LogP contribution in [0.4, 0.5) is 0 Å². The first-order valence-electron chi connectivity index (χ1n) is 14.4. The van der Waals surface area contributed by atoms with Crippen molar-refractivity contribution in [1.29, 1.82) is 0 Å². The van der Waals surface area contributed by atoms with E-state index in [1.54, 1.807) is 13.8 Å². The van der Waals surface area contributed by atoms with Crippen molar-refractivity contribution in [1.82, 2.24) is 0 Å². The highest BCUT2D eigenvalue weighted by atomic mass is 16.5. The summed E-state index contributed by atoms with van der Waals surface area (Å²) in [6.45, 7) is 22.8. The number of esters is 2. The summed E-state index contributed by atoms with van der Waals surface area (Å²) < 4.78 is 9.05. The molecule has 2 unspecified atom stereocenters. The van der Waals surface area contributed by atoms with Gasteiger partial charge in [0.2, 0.25) is 0 Å². The molecule has 0 aromatic rings. The van der Waals surface area contributed by atoms with Crippen LogP contribution in [0.1, 0.15) is 122 Å². The van der Waals surface area contributed by atoms with Crippen molar-refractivity contribution in [3.63, 3.8) is 0 Å². The second kappa shape index (κ2) is 61.9. The number of unbranched alkanes of at least 4 members (excludes halogenated alkanes) is 1. The second-order valence-corrected chi connectivity index (χ2v) is 8.07. The number of carbonyl (C=O) groups excluding carboxylic acids is 4. The molecule has 2 atom stereocenters. The van der Waals surface area contributed by atoms with E-state index in [1.165, 1.54) is 20.8 Å². The molecule has 0 aliphatic carbocycles. The number of Topliss-reactive ketones (excluding diaryl/α,β-unsaturated/α-hetero) is 1. The molecule has 0 aliphatic rings. The summed E-state index contributed by atoms with van der Waals surface area (Å²) in [6, 6.07) is 0. The zero-order valence-electron chi connectivity index (χ0n) is 28.6. The van der Waals surface area contributed by atoms with Crippen LogP contribution in [0.25, 0.3) is 0 Å². The van der Waals surface area contributed by atoms with E-state index < -0.39 is 6.10 Å². The van der Waals surface area contributed by atoms with Crippen LogP contribution < -0.4 is 0 Å². The average molecular weight is 605 g/mol. The molecule has 0 rings (SSSR count). The van der Waals surface area contributed by atoms with Gasteiger partial charge < -0.3 is 39.8 Å². The molecular weight excluding hydrogens is 536 g/mol. The lowest BCUT2D eigenvalue weighted by Crippen LogP contribution is -2.22. The van der Waals surface area contributed by atoms with Crippen molar-refractivity contribution in [2.45, 2.75) is 134 Å². The minimum atomic E-state index is -0.769. The van der Waals surface area contributed by atoms with Crippen molar-refractivity contribution in [2.75, 3.05) is 33.5 Å². The van der Waals surface area contributed by atoms with Crippen LogP contribution in [0.2, 0.25) is 0 Å². The first-order chi connectivity index (χ1) is 19.1. The van der Waals surface area contributed by atoms with Crippen LogP contribution in [0, 0.1) is 5.92 Å². The summed E-state index contributed by atoms with van der Waals surface area (Å²) >= 11 is 0. The first kappa shape index (κ1) is 58.7. The van der Waals surface area contributed by atoms with Gasteiger partial charge in [0, 0.05) is 33.7 Å². The topological polar surface area (TPSA) is 188 Å². The lowest BCUT2D eigenvalue weighted by atomic mass is 10.1. The fraction of sp³-hybridized carbons (Fsp3) is 0.867. The Kier molecular flexibility index (Phi) is 88.6. The standard InChI is InChI=1S/2C6H12O2.C4H8O2.2C4H10O.C3H8O.C2H4O.CH4O/c1-4(2)6(8)5(3)7;1-3-5-6(7)8-4-2;1-3-6-4(2)5;1-3-4(2)5;1-2-3-4-5;1-2-3-4;1-2-3;1-2/h4,6,8H,1-3H3;3-5H2,1-2H3;3H2,1-2H3;4-5H,3H2,1-2H3;5H,2-4H2,1H3;4H,2-3H2,1H3;2H,1H3;2H,1H3. The van der Waals surface area contributed by atoms with Crippen LogP contribution >= 0.6 is 0 Å². The van der Waals surface area contributed by atoms with Crippen LogP contribution in [-0.2, 0) is 28.7 Å². The SMILES string of the molecule is CC(=O)C(O)C(C)C.CC=O.CCC(C)O.CCCC(=O)OCC.CCCCO.CCCO.CCOC(C)=O.CO. The molecule has 41 heavy (non-hydrogen) atoms. The van der Waals surface area contributed by atoms with Gasteiger partial charge >= 0.3 is 11.9 Å². The third kappa shape index (κ3) is 123. The third-order valence-corrected chi connectivity index (χ3v) is 3.48. The molecule has 5 N–H and O–H groups in total. The second-order valence-electron chi connectivity index (χ2n) is 8.07. The number of ketones is 1. The summed E-state index contributed by atoms with van der Waals surface area (Å²) in [6.07, 6.45) is 5.06. The van der Waals surface area contributed by atoms with Crippen molar-refractivity contribution in [2.24, 2.45) is 5.92 Å². The predicted molar refractivity (Wildman–Crippen MR) is 167 cm³/mol. The van der Waals surface area contributed by atoms with Crippen molar-refractivity contribution >= 4 is 24.0 Å². The summed E-state index contributed by atoms with van der Waals surface area (Å²) in [4.78, 5) is 39.4. The van der Waals surface area contributed by atoms with Crippen LogP contribution in [-0.4, -0.2) is 95.3 Å². The Bertz CT molecular complexity index is 455. The highest BCUT2D eigenvalue weighted by molar-refractivity contribution is 5.80. The largest absolute Gasteiger partial charge is 0.466 e. The molecular formula is C30H68O11. The predicted octanol–water partition coefficient (Wildman–Crippen LogP) is 4.27. The quantitative estimate of drug-likeness (QED) is 0.177. The van der Waals surface area contributed by atoms with Gasteiger partial charge in [-0.25, -0.2) is 0 Å². The molecule has 0 saturated heterocycles. The van der Waals surface area contributed by atoms with Crippen LogP contribution in [0.15, 0.2) is 0 Å². The number of ether oxygens (including phenoxy) is 2. The normalized spacial score (nSPS) is 9.63. The van der Waals surface area contributed by atoms with Gasteiger partial charge in [0.15, 0.2) is 5.78 Å². The third-order valence-electron chi connectivity index (χ3n) is 3.48. The van der Waals surface area contributed by atoms with Gasteiger partial charge in [0.05, 0.1) is 19.3 Å². The number of aldehydes is 1. The first-order valence-corrected chi connectivity index (χ1v) is 14.4. The number of rotatable bonds is 10. The molecule has 0 aromatic heterocycles. The minimum absolute atomic E-state index is 0.0486. The molecule has 0 aromatic carbocycles. The molecule has 0 radical (unpaired) electrons. The number of carbonyl (C=O) groups is 4. The lowest BCUT2D eigenvalue weighted by molar-refractivity contribution is -0.143. The van der Waals surface area contributed by atoms with E-state index in [4.69, 9.17) is 30.3 Å². The number of aliphatic hydroxyl groups excluding tert-OH is 5. The van der Waals surface area contributed by atoms with E-state index in [1.807, 2.05) is 41.5 Å². The number of hydrogen-bond acceptors (Lipinski definition) is 11. The van der Waals surface area contributed by atoms with Crippen molar-refractivity contribution in [3.8, 4) is 0 Å². The summed E-state index contributed by atoms with van der Waals surface area (Å²) in [5.74, 6) is -0.403. The Morgan fingerprint density at radius 2 is 1.12 bits per heavy atom. The monoisotopic (exact) mass is 604 g/mol. The van der Waals surface area contributed by atoms with E-state index >= 15 is 0 Å². The van der Waals surface area contributed by atoms with Gasteiger partial charge in [-0.2, -0.15) is 0 Å². The van der Waals surface area contributed by atoms with Gasteiger partial charge in [0.1, 0.15) is 12.4 Å². The summed E-state index contributed by atoms with van der Waals surface area (Å²) in [5.41, 5.74) is 0. The Morgan fingerprint density at radius 3 is 1.20 bits per heavy atom. The molecule has 11 nitrogen and oxygen atoms in total. The Morgan fingerprint density at radius 1 is 0.756 bits per heavy atom. The lowest BCUT2D eigenvalue weighted by Gasteiger charge is -2.08. The highest BCUT2D eigenvalue weighted by Crippen LogP contribution is 2.00. The van der Waals surface area contributed by atoms with Crippen LogP contribution in [0.5, 0.6) is 0 Å². The van der Waals surface area contributed by atoms with E-state index in [0.717, 1.165) is 45.5 Å². The molecule has 0 saturated carbocycles. The molecule has 0 fully saturated rings. The smallest absolute Gasteiger partial charge is 0.305 e. The zero-order valence-corrected chi connectivity index (χ0v) is 28.6. The molecule has 0 spiro atoms. The fourth-order valence-corrected chi connectivity index (χ4v) is 1.27. The van der Waals surface area contributed by atoms with Gasteiger partial charge in [0.25, 0.3) is 0 Å². The number of hydrogen-bond donors (Lipinski definition) is 5. The molecule has 254 valence electrons. The summed E-state index contributed by atoms with van der Waals surface area (Å²) in [5, 5.41) is 40.2. The van der Waals surface area contributed by atoms with E-state index in [0.29, 0.717) is 32.8 Å². The molecule has 0 aliphatic heterocycles. The van der Waals surface area contributed by atoms with Gasteiger partial charge in [-0.15, -0.1) is 0 Å². The van der Waals surface area contributed by atoms with Crippen LogP contribution in [0.3, 0.4) is 0 Å². The van der Waals surface area contributed by atoms with E-state index in [2.05, 4.69) is 16.4 Å². The van der Waals surface area contributed by atoms with Gasteiger partial charge in [-0.05, 0) is 66.2 Å².